The van der Waals surface area contributed by atoms with Gasteiger partial charge < -0.3 is 0 Å². The minimum absolute atomic E-state index is 0.174. The molecule has 1 saturated carbocycles. The van der Waals surface area contributed by atoms with E-state index in [9.17, 15) is 4.39 Å². The van der Waals surface area contributed by atoms with Crippen molar-refractivity contribution in [3.05, 3.63) is 30.1 Å². The van der Waals surface area contributed by atoms with Gasteiger partial charge in [0.2, 0.25) is 0 Å². The van der Waals surface area contributed by atoms with Gasteiger partial charge in [-0.2, -0.15) is 0 Å². The van der Waals surface area contributed by atoms with Crippen LogP contribution in [0.1, 0.15) is 33.1 Å². The first-order valence-corrected chi connectivity index (χ1v) is 8.43. The van der Waals surface area contributed by atoms with Crippen molar-refractivity contribution in [2.24, 2.45) is 23.6 Å². The third kappa shape index (κ3) is 4.21. The number of nitrogens with two attached hydrogens (primary N) is 1. The van der Waals surface area contributed by atoms with Gasteiger partial charge in [0.25, 0.3) is 0 Å². The normalized spacial score (nSPS) is 28.3. The Labute approximate surface area is 125 Å². The second-order valence-electron chi connectivity index (χ2n) is 6.07. The lowest BCUT2D eigenvalue weighted by Crippen LogP contribution is -2.45. The van der Waals surface area contributed by atoms with E-state index >= 15 is 0 Å². The number of hydrogen-bond donors (Lipinski definition) is 2. The molecule has 1 aliphatic carbocycles. The van der Waals surface area contributed by atoms with Gasteiger partial charge in [-0.05, 0) is 48.8 Å². The van der Waals surface area contributed by atoms with E-state index in [2.05, 4.69) is 19.3 Å². The topological polar surface area (TPSA) is 38.0 Å². The van der Waals surface area contributed by atoms with Crippen molar-refractivity contribution in [3.8, 4) is 0 Å². The third-order valence-electron chi connectivity index (χ3n) is 4.65. The van der Waals surface area contributed by atoms with Gasteiger partial charge >= 0.3 is 0 Å². The fraction of sp³-hybridized carbons (Fsp3) is 0.625. The quantitative estimate of drug-likeness (QED) is 0.493. The molecule has 4 heteroatoms. The van der Waals surface area contributed by atoms with E-state index < -0.39 is 0 Å². The minimum atomic E-state index is -0.174. The molecular weight excluding hydrogens is 271 g/mol. The van der Waals surface area contributed by atoms with E-state index in [1.165, 1.54) is 25.3 Å². The molecule has 112 valence electrons. The van der Waals surface area contributed by atoms with Gasteiger partial charge in [-0.15, -0.1) is 11.8 Å². The Hall–Kier alpha value is -0.580. The maximum absolute atomic E-state index is 13.2. The van der Waals surface area contributed by atoms with Crippen molar-refractivity contribution in [2.45, 2.75) is 44.0 Å². The van der Waals surface area contributed by atoms with Gasteiger partial charge in [0.1, 0.15) is 5.82 Å². The highest BCUT2D eigenvalue weighted by Gasteiger charge is 2.29. The molecule has 1 aliphatic rings. The number of thioether (sulfide) groups is 1. The van der Waals surface area contributed by atoms with Crippen LogP contribution in [-0.4, -0.2) is 11.8 Å². The van der Waals surface area contributed by atoms with Crippen molar-refractivity contribution in [3.63, 3.8) is 0 Å². The van der Waals surface area contributed by atoms with Crippen LogP contribution in [0.4, 0.5) is 4.39 Å². The van der Waals surface area contributed by atoms with Crippen LogP contribution in [0, 0.1) is 23.6 Å². The Morgan fingerprint density at radius 1 is 1.35 bits per heavy atom. The summed E-state index contributed by atoms with van der Waals surface area (Å²) >= 11 is 1.68. The number of nitrogens with one attached hydrogen (secondary N) is 1. The molecule has 1 aromatic rings. The molecular formula is C16H25FN2S. The molecule has 4 atom stereocenters. The number of hydrogen-bond acceptors (Lipinski definition) is 3. The zero-order valence-electron chi connectivity index (χ0n) is 12.3. The van der Waals surface area contributed by atoms with Crippen LogP contribution in [0.25, 0.3) is 0 Å². The van der Waals surface area contributed by atoms with E-state index in [4.69, 9.17) is 5.84 Å². The van der Waals surface area contributed by atoms with E-state index in [0.29, 0.717) is 12.0 Å². The predicted octanol–water partition coefficient (Wildman–Crippen LogP) is 3.82. The summed E-state index contributed by atoms with van der Waals surface area (Å²) in [6, 6.07) is 7.08. The van der Waals surface area contributed by atoms with Crippen molar-refractivity contribution in [2.75, 3.05) is 5.75 Å². The van der Waals surface area contributed by atoms with Gasteiger partial charge in [-0.3, -0.25) is 11.3 Å². The van der Waals surface area contributed by atoms with E-state index in [1.54, 1.807) is 23.9 Å². The van der Waals surface area contributed by atoms with E-state index in [1.807, 2.05) is 6.07 Å². The summed E-state index contributed by atoms with van der Waals surface area (Å²) in [6.07, 6.45) is 3.76. The summed E-state index contributed by atoms with van der Waals surface area (Å²) < 4.78 is 13.2. The molecule has 0 spiro atoms. The molecule has 1 fully saturated rings. The average Bonchev–Trinajstić information content (AvgIpc) is 2.43. The van der Waals surface area contributed by atoms with Gasteiger partial charge in [-0.1, -0.05) is 26.3 Å². The molecule has 3 N–H and O–H groups in total. The number of benzene rings is 1. The summed E-state index contributed by atoms with van der Waals surface area (Å²) in [6.45, 7) is 4.68. The fourth-order valence-electron chi connectivity index (χ4n) is 3.02. The van der Waals surface area contributed by atoms with Crippen LogP contribution in [0.5, 0.6) is 0 Å². The first kappa shape index (κ1) is 15.8. The molecule has 0 aromatic heterocycles. The molecule has 1 aromatic carbocycles. The summed E-state index contributed by atoms with van der Waals surface area (Å²) in [4.78, 5) is 0.975. The zero-order valence-corrected chi connectivity index (χ0v) is 13.1. The highest BCUT2D eigenvalue weighted by atomic mass is 32.2. The fourth-order valence-corrected chi connectivity index (χ4v) is 4.13. The van der Waals surface area contributed by atoms with Crippen molar-refractivity contribution in [1.82, 2.24) is 5.43 Å². The second-order valence-corrected chi connectivity index (χ2v) is 7.16. The molecule has 4 unspecified atom stereocenters. The summed E-state index contributed by atoms with van der Waals surface area (Å²) in [5.41, 5.74) is 2.98. The molecule has 0 amide bonds. The van der Waals surface area contributed by atoms with Gasteiger partial charge in [-0.25, -0.2) is 4.39 Å². The lowest BCUT2D eigenvalue weighted by Gasteiger charge is -2.36. The Bertz CT molecular complexity index is 427. The molecule has 2 nitrogen and oxygen atoms in total. The highest BCUT2D eigenvalue weighted by molar-refractivity contribution is 7.99. The molecule has 2 rings (SSSR count). The van der Waals surface area contributed by atoms with Crippen LogP contribution in [-0.2, 0) is 0 Å². The molecule has 20 heavy (non-hydrogen) atoms. The lowest BCUT2D eigenvalue weighted by molar-refractivity contribution is 0.179. The Balaban J connectivity index is 1.89. The Morgan fingerprint density at radius 3 is 2.80 bits per heavy atom. The van der Waals surface area contributed by atoms with Gasteiger partial charge in [0, 0.05) is 16.7 Å². The maximum atomic E-state index is 13.2. The second kappa shape index (κ2) is 7.43. The van der Waals surface area contributed by atoms with Gasteiger partial charge in [0.05, 0.1) is 0 Å². The molecule has 0 saturated heterocycles. The van der Waals surface area contributed by atoms with Crippen LogP contribution in [0.3, 0.4) is 0 Å². The SMILES string of the molecule is CC1CCC(C(CSc2cccc(F)c2)NN)CC1C. The van der Waals surface area contributed by atoms with Crippen molar-refractivity contribution >= 4 is 11.8 Å². The average molecular weight is 296 g/mol. The maximum Gasteiger partial charge on any atom is 0.124 e. The standard InChI is InChI=1S/C16H25FN2S/c1-11-6-7-13(8-12(11)2)16(19-18)10-20-15-5-3-4-14(17)9-15/h3-5,9,11-13,16,19H,6-8,10,18H2,1-2H3. The minimum Gasteiger partial charge on any atom is -0.271 e. The largest absolute Gasteiger partial charge is 0.271 e. The van der Waals surface area contributed by atoms with Crippen molar-refractivity contribution < 1.29 is 4.39 Å². The summed E-state index contributed by atoms with van der Waals surface area (Å²) in [7, 11) is 0. The number of hydrazine groups is 1. The highest BCUT2D eigenvalue weighted by Crippen LogP contribution is 2.36. The first-order valence-electron chi connectivity index (χ1n) is 7.44. The first-order chi connectivity index (χ1) is 9.60. The monoisotopic (exact) mass is 296 g/mol. The van der Waals surface area contributed by atoms with E-state index in [-0.39, 0.29) is 5.82 Å². The van der Waals surface area contributed by atoms with Crippen LogP contribution in [0.15, 0.2) is 29.2 Å². The third-order valence-corrected chi connectivity index (χ3v) is 5.76. The zero-order chi connectivity index (χ0) is 14.5. The van der Waals surface area contributed by atoms with Crippen LogP contribution in [0.2, 0.25) is 0 Å². The van der Waals surface area contributed by atoms with Gasteiger partial charge in [0.15, 0.2) is 0 Å². The smallest absolute Gasteiger partial charge is 0.124 e. The van der Waals surface area contributed by atoms with Crippen LogP contribution < -0.4 is 11.3 Å². The lowest BCUT2D eigenvalue weighted by atomic mass is 9.73. The summed E-state index contributed by atoms with van der Waals surface area (Å²) in [5, 5.41) is 0. The molecule has 0 radical (unpaired) electrons. The van der Waals surface area contributed by atoms with Crippen molar-refractivity contribution in [1.29, 1.82) is 0 Å². The predicted molar refractivity (Wildman–Crippen MR) is 83.9 cm³/mol. The Kier molecular flexibility index (Phi) is 5.87. The summed E-state index contributed by atoms with van der Waals surface area (Å²) in [5.74, 6) is 8.68. The number of halogens is 1. The number of rotatable bonds is 5. The molecule has 0 aliphatic heterocycles. The van der Waals surface area contributed by atoms with E-state index in [0.717, 1.165) is 22.5 Å². The molecule has 0 heterocycles. The Morgan fingerprint density at radius 2 is 2.15 bits per heavy atom. The molecule has 0 bridgehead atoms. The van der Waals surface area contributed by atoms with Crippen LogP contribution >= 0.6 is 11.8 Å².